The number of carbonyl (C=O) groups excluding carboxylic acids is 2. The van der Waals surface area contributed by atoms with Gasteiger partial charge in [-0.25, -0.2) is 4.79 Å². The van der Waals surface area contributed by atoms with Crippen LogP contribution in [-0.2, 0) is 4.79 Å². The maximum atomic E-state index is 12.9. The van der Waals surface area contributed by atoms with Gasteiger partial charge in [-0.1, -0.05) is 30.3 Å². The molecule has 26 heavy (non-hydrogen) atoms. The second-order valence-corrected chi connectivity index (χ2v) is 7.36. The highest BCUT2D eigenvalue weighted by Crippen LogP contribution is 2.29. The summed E-state index contributed by atoms with van der Waals surface area (Å²) in [5.74, 6) is 0.416. The third kappa shape index (κ3) is 4.30. The van der Waals surface area contributed by atoms with Crippen LogP contribution in [0.25, 0.3) is 0 Å². The molecule has 7 heteroatoms. The minimum Gasteiger partial charge on any atom is -0.340 e. The van der Waals surface area contributed by atoms with Crippen LogP contribution in [0.1, 0.15) is 24.3 Å². The number of benzene rings is 1. The van der Waals surface area contributed by atoms with Crippen LogP contribution in [0.5, 0.6) is 0 Å². The Hall–Kier alpha value is -1.79. The predicted molar refractivity (Wildman–Crippen MR) is 104 cm³/mol. The molecular weight excluding hydrogens is 352 g/mol. The van der Waals surface area contributed by atoms with Crippen molar-refractivity contribution in [2.45, 2.75) is 24.8 Å². The number of piperidine rings is 1. The minimum atomic E-state index is -0.0123. The molecule has 3 amide bonds. The summed E-state index contributed by atoms with van der Waals surface area (Å²) < 4.78 is 0. The van der Waals surface area contributed by atoms with E-state index in [0.29, 0.717) is 26.2 Å². The highest BCUT2D eigenvalue weighted by Gasteiger charge is 2.37. The average molecular weight is 381 g/mol. The fourth-order valence-corrected chi connectivity index (χ4v) is 3.92. The number of urea groups is 1. The van der Waals surface area contributed by atoms with E-state index in [0.717, 1.165) is 12.8 Å². The zero-order valence-electron chi connectivity index (χ0n) is 15.5. The van der Waals surface area contributed by atoms with Gasteiger partial charge in [-0.15, -0.1) is 12.4 Å². The molecule has 0 bridgehead atoms. The molecule has 0 aliphatic carbocycles. The van der Waals surface area contributed by atoms with Crippen LogP contribution >= 0.6 is 12.4 Å². The topological polar surface area (TPSA) is 69.9 Å². The number of nitrogens with zero attached hydrogens (tertiary/aromatic N) is 3. The van der Waals surface area contributed by atoms with E-state index >= 15 is 0 Å². The van der Waals surface area contributed by atoms with Crippen molar-refractivity contribution < 1.29 is 9.59 Å². The molecule has 2 atom stereocenters. The maximum absolute atomic E-state index is 12.9. The van der Waals surface area contributed by atoms with Gasteiger partial charge in [-0.05, 0) is 18.4 Å². The zero-order chi connectivity index (χ0) is 18.0. The molecule has 2 aliphatic rings. The van der Waals surface area contributed by atoms with Gasteiger partial charge in [0.2, 0.25) is 5.91 Å². The van der Waals surface area contributed by atoms with Crippen molar-refractivity contribution in [2.24, 2.45) is 11.7 Å². The fourth-order valence-electron chi connectivity index (χ4n) is 3.92. The maximum Gasteiger partial charge on any atom is 0.319 e. The number of hydrogen-bond acceptors (Lipinski definition) is 3. The predicted octanol–water partition coefficient (Wildman–Crippen LogP) is 1.76. The SMILES string of the molecule is CN(C)C(=O)N1CCC(C(=O)N2C[C@@H](N)[C@H](c3ccccc3)C2)CC1.Cl. The third-order valence-electron chi connectivity index (χ3n) is 5.40. The molecule has 0 aromatic heterocycles. The highest BCUT2D eigenvalue weighted by molar-refractivity contribution is 5.85. The summed E-state index contributed by atoms with van der Waals surface area (Å²) in [5, 5.41) is 0. The van der Waals surface area contributed by atoms with Crippen molar-refractivity contribution in [3.05, 3.63) is 35.9 Å². The van der Waals surface area contributed by atoms with Gasteiger partial charge in [-0.3, -0.25) is 4.79 Å². The summed E-state index contributed by atoms with van der Waals surface area (Å²) in [6.45, 7) is 2.61. The number of rotatable bonds is 2. The summed E-state index contributed by atoms with van der Waals surface area (Å²) in [6, 6.07) is 10.2. The second-order valence-electron chi connectivity index (χ2n) is 7.36. The van der Waals surface area contributed by atoms with Crippen molar-refractivity contribution >= 4 is 24.3 Å². The van der Waals surface area contributed by atoms with Crippen LogP contribution in [0.15, 0.2) is 30.3 Å². The molecule has 2 N–H and O–H groups in total. The van der Waals surface area contributed by atoms with Crippen molar-refractivity contribution in [1.82, 2.24) is 14.7 Å². The standard InChI is InChI=1S/C19H28N4O2.ClH/c1-21(2)19(25)22-10-8-15(9-11-22)18(24)23-12-16(17(20)13-23)14-6-4-3-5-7-14;/h3-7,15-17H,8-13,20H2,1-2H3;1H/t16-,17+;/m0./s1. The Bertz CT molecular complexity index is 617. The quantitative estimate of drug-likeness (QED) is 0.849. The lowest BCUT2D eigenvalue weighted by Crippen LogP contribution is -2.47. The van der Waals surface area contributed by atoms with E-state index in [1.807, 2.05) is 28.0 Å². The van der Waals surface area contributed by atoms with Crippen molar-refractivity contribution in [3.8, 4) is 0 Å². The van der Waals surface area contributed by atoms with E-state index in [2.05, 4.69) is 12.1 Å². The van der Waals surface area contributed by atoms with Crippen LogP contribution in [0.3, 0.4) is 0 Å². The van der Waals surface area contributed by atoms with Gasteiger partial charge in [0, 0.05) is 58.2 Å². The summed E-state index contributed by atoms with van der Waals surface area (Å²) >= 11 is 0. The van der Waals surface area contributed by atoms with Gasteiger partial charge in [0.25, 0.3) is 0 Å². The Labute approximate surface area is 161 Å². The number of amides is 3. The molecule has 2 saturated heterocycles. The minimum absolute atomic E-state index is 0. The van der Waals surface area contributed by atoms with E-state index in [1.54, 1.807) is 19.0 Å². The van der Waals surface area contributed by atoms with E-state index in [-0.39, 0.29) is 42.2 Å². The first-order chi connectivity index (χ1) is 12.0. The van der Waals surface area contributed by atoms with Crippen LogP contribution in [0, 0.1) is 5.92 Å². The molecule has 2 fully saturated rings. The molecule has 0 unspecified atom stereocenters. The van der Waals surface area contributed by atoms with Crippen LogP contribution in [0.2, 0.25) is 0 Å². The van der Waals surface area contributed by atoms with Crippen molar-refractivity contribution in [3.63, 3.8) is 0 Å². The summed E-state index contributed by atoms with van der Waals surface area (Å²) in [5.41, 5.74) is 7.52. The lowest BCUT2D eigenvalue weighted by Gasteiger charge is -2.34. The molecule has 0 radical (unpaired) electrons. The smallest absolute Gasteiger partial charge is 0.319 e. The number of carbonyl (C=O) groups is 2. The van der Waals surface area contributed by atoms with Crippen LogP contribution in [0.4, 0.5) is 4.79 Å². The largest absolute Gasteiger partial charge is 0.340 e. The van der Waals surface area contributed by atoms with Gasteiger partial charge in [0.05, 0.1) is 0 Å². The number of nitrogens with two attached hydrogens (primary N) is 1. The van der Waals surface area contributed by atoms with Crippen LogP contribution < -0.4 is 5.73 Å². The summed E-state index contributed by atoms with van der Waals surface area (Å²) in [7, 11) is 3.52. The summed E-state index contributed by atoms with van der Waals surface area (Å²) in [4.78, 5) is 30.2. The van der Waals surface area contributed by atoms with E-state index < -0.39 is 0 Å². The first kappa shape index (κ1) is 20.5. The first-order valence-electron chi connectivity index (χ1n) is 9.03. The Balaban J connectivity index is 0.00000243. The Morgan fingerprint density at radius 1 is 1.04 bits per heavy atom. The Kier molecular flexibility index (Phi) is 6.89. The fraction of sp³-hybridized carbons (Fsp3) is 0.579. The van der Waals surface area contributed by atoms with Crippen molar-refractivity contribution in [2.75, 3.05) is 40.3 Å². The molecule has 3 rings (SSSR count). The van der Waals surface area contributed by atoms with Crippen LogP contribution in [-0.4, -0.2) is 73.0 Å². The highest BCUT2D eigenvalue weighted by atomic mass is 35.5. The Morgan fingerprint density at radius 2 is 1.65 bits per heavy atom. The molecule has 6 nitrogen and oxygen atoms in total. The molecule has 1 aromatic rings. The molecule has 2 heterocycles. The number of halogens is 1. The molecular formula is C19H29ClN4O2. The van der Waals surface area contributed by atoms with Gasteiger partial charge in [-0.2, -0.15) is 0 Å². The molecule has 2 aliphatic heterocycles. The molecule has 0 saturated carbocycles. The van der Waals surface area contributed by atoms with E-state index in [4.69, 9.17) is 5.73 Å². The van der Waals surface area contributed by atoms with Gasteiger partial charge in [0.15, 0.2) is 0 Å². The second kappa shape index (κ2) is 8.73. The van der Waals surface area contributed by atoms with E-state index in [9.17, 15) is 9.59 Å². The first-order valence-corrected chi connectivity index (χ1v) is 9.03. The van der Waals surface area contributed by atoms with Gasteiger partial charge < -0.3 is 20.4 Å². The zero-order valence-corrected chi connectivity index (χ0v) is 16.3. The molecule has 144 valence electrons. The van der Waals surface area contributed by atoms with Crippen molar-refractivity contribution in [1.29, 1.82) is 0 Å². The lowest BCUT2D eigenvalue weighted by atomic mass is 9.94. The Morgan fingerprint density at radius 3 is 2.23 bits per heavy atom. The lowest BCUT2D eigenvalue weighted by molar-refractivity contribution is -0.135. The normalized spacial score (nSPS) is 23.5. The third-order valence-corrected chi connectivity index (χ3v) is 5.40. The van der Waals surface area contributed by atoms with Gasteiger partial charge in [0.1, 0.15) is 0 Å². The number of likely N-dealkylation sites (tertiary alicyclic amines) is 2. The summed E-state index contributed by atoms with van der Waals surface area (Å²) in [6.07, 6.45) is 1.47. The van der Waals surface area contributed by atoms with Gasteiger partial charge >= 0.3 is 6.03 Å². The van der Waals surface area contributed by atoms with E-state index in [1.165, 1.54) is 5.56 Å². The molecule has 1 aromatic carbocycles. The number of hydrogen-bond donors (Lipinski definition) is 1. The monoisotopic (exact) mass is 380 g/mol. The average Bonchev–Trinajstić information content (AvgIpc) is 3.03. The molecule has 0 spiro atoms.